The number of anilines is 1. The molecule has 186 valence electrons. The van der Waals surface area contributed by atoms with Crippen LogP contribution in [0.25, 0.3) is 21.3 Å². The Morgan fingerprint density at radius 2 is 2.00 bits per heavy atom. The number of hydrogen-bond acceptors (Lipinski definition) is 5. The Bertz CT molecular complexity index is 1500. The van der Waals surface area contributed by atoms with E-state index in [9.17, 15) is 22.8 Å². The van der Waals surface area contributed by atoms with Crippen molar-refractivity contribution in [3.05, 3.63) is 87.5 Å². The van der Waals surface area contributed by atoms with Crippen LogP contribution in [0.2, 0.25) is 5.02 Å². The van der Waals surface area contributed by atoms with Crippen LogP contribution in [0.15, 0.2) is 76.5 Å². The van der Waals surface area contributed by atoms with Crippen molar-refractivity contribution < 1.29 is 18.0 Å². The third kappa shape index (κ3) is 5.35. The molecule has 4 rings (SSSR count). The lowest BCUT2D eigenvalue weighted by Crippen LogP contribution is -2.27. The highest BCUT2D eigenvalue weighted by Gasteiger charge is 2.31. The standard InChI is InChI=1S/C25H19ClF3N3O2S2/c1-3-11-32-23(34)20-17(15-7-5-4-6-8-15)13-35-22(20)31-24(32)36-14(2)21(33)30-19-12-16(25(27,28)29)9-10-18(19)26/h3-10,12-14H,1,11H2,2H3,(H,30,33). The van der Waals surface area contributed by atoms with E-state index in [1.165, 1.54) is 15.9 Å². The molecule has 0 radical (unpaired) electrons. The van der Waals surface area contributed by atoms with Crippen LogP contribution in [0, 0.1) is 0 Å². The van der Waals surface area contributed by atoms with Gasteiger partial charge in [-0.25, -0.2) is 4.98 Å². The number of benzene rings is 2. The van der Waals surface area contributed by atoms with Crippen LogP contribution in [0.5, 0.6) is 0 Å². The van der Waals surface area contributed by atoms with E-state index in [4.69, 9.17) is 11.6 Å². The van der Waals surface area contributed by atoms with Crippen molar-refractivity contribution >= 4 is 56.5 Å². The van der Waals surface area contributed by atoms with Gasteiger partial charge in [0.25, 0.3) is 5.56 Å². The maximum Gasteiger partial charge on any atom is 0.416 e. The van der Waals surface area contributed by atoms with Gasteiger partial charge in [0.15, 0.2) is 5.16 Å². The molecule has 0 fully saturated rings. The zero-order valence-electron chi connectivity index (χ0n) is 18.8. The summed E-state index contributed by atoms with van der Waals surface area (Å²) in [5, 5.41) is 4.26. The first-order valence-corrected chi connectivity index (χ1v) is 12.8. The molecule has 0 aliphatic heterocycles. The number of thioether (sulfide) groups is 1. The maximum absolute atomic E-state index is 13.5. The summed E-state index contributed by atoms with van der Waals surface area (Å²) in [6.07, 6.45) is -3.02. The molecule has 5 nitrogen and oxygen atoms in total. The van der Waals surface area contributed by atoms with Crippen LogP contribution in [0.3, 0.4) is 0 Å². The fourth-order valence-corrected chi connectivity index (χ4v) is 5.53. The molecule has 11 heteroatoms. The predicted octanol–water partition coefficient (Wildman–Crippen LogP) is 7.10. The first-order valence-electron chi connectivity index (χ1n) is 10.6. The van der Waals surface area contributed by atoms with Gasteiger partial charge in [0.05, 0.1) is 26.9 Å². The first-order chi connectivity index (χ1) is 17.1. The quantitative estimate of drug-likeness (QED) is 0.152. The zero-order valence-corrected chi connectivity index (χ0v) is 21.2. The minimum absolute atomic E-state index is 0.0244. The summed E-state index contributed by atoms with van der Waals surface area (Å²) in [7, 11) is 0. The molecule has 0 aliphatic carbocycles. The Morgan fingerprint density at radius 3 is 2.67 bits per heavy atom. The normalized spacial score (nSPS) is 12.5. The largest absolute Gasteiger partial charge is 0.416 e. The van der Waals surface area contributed by atoms with Crippen molar-refractivity contribution in [2.24, 2.45) is 0 Å². The molecule has 1 unspecified atom stereocenters. The van der Waals surface area contributed by atoms with E-state index in [0.717, 1.165) is 41.1 Å². The van der Waals surface area contributed by atoms with Gasteiger partial charge < -0.3 is 5.32 Å². The molecule has 36 heavy (non-hydrogen) atoms. The van der Waals surface area contributed by atoms with Gasteiger partial charge in [-0.15, -0.1) is 17.9 Å². The number of halogens is 4. The molecule has 4 aromatic rings. The van der Waals surface area contributed by atoms with Gasteiger partial charge in [-0.1, -0.05) is 59.8 Å². The zero-order chi connectivity index (χ0) is 26.0. The number of carbonyl (C=O) groups is 1. The summed E-state index contributed by atoms with van der Waals surface area (Å²) in [6.45, 7) is 5.45. The minimum atomic E-state index is -4.58. The third-order valence-electron chi connectivity index (χ3n) is 5.26. The molecule has 2 aromatic carbocycles. The Labute approximate surface area is 217 Å². The Balaban J connectivity index is 1.65. The Hall–Kier alpha value is -3.08. The van der Waals surface area contributed by atoms with Crippen LogP contribution < -0.4 is 10.9 Å². The second-order valence-electron chi connectivity index (χ2n) is 7.74. The number of hydrogen-bond donors (Lipinski definition) is 1. The Morgan fingerprint density at radius 1 is 1.28 bits per heavy atom. The van der Waals surface area contributed by atoms with Gasteiger partial charge >= 0.3 is 6.18 Å². The fraction of sp³-hybridized carbons (Fsp3) is 0.160. The van der Waals surface area contributed by atoms with Crippen molar-refractivity contribution in [1.82, 2.24) is 9.55 Å². The summed E-state index contributed by atoms with van der Waals surface area (Å²) in [4.78, 5) is 31.4. The van der Waals surface area contributed by atoms with Crippen molar-refractivity contribution in [1.29, 1.82) is 0 Å². The minimum Gasteiger partial charge on any atom is -0.324 e. The van der Waals surface area contributed by atoms with E-state index >= 15 is 0 Å². The van der Waals surface area contributed by atoms with Crippen molar-refractivity contribution in [2.45, 2.75) is 30.1 Å². The molecular weight excluding hydrogens is 531 g/mol. The average molecular weight is 550 g/mol. The molecule has 0 saturated carbocycles. The van der Waals surface area contributed by atoms with Gasteiger partial charge in [0.2, 0.25) is 5.91 Å². The number of amides is 1. The van der Waals surface area contributed by atoms with E-state index in [-0.39, 0.29) is 22.8 Å². The summed E-state index contributed by atoms with van der Waals surface area (Å²) in [5.74, 6) is -0.586. The monoisotopic (exact) mass is 549 g/mol. The van der Waals surface area contributed by atoms with Crippen molar-refractivity contribution in [3.8, 4) is 11.1 Å². The molecule has 0 spiro atoms. The highest BCUT2D eigenvalue weighted by molar-refractivity contribution is 8.00. The highest BCUT2D eigenvalue weighted by atomic mass is 35.5. The number of alkyl halides is 3. The number of nitrogens with one attached hydrogen (secondary N) is 1. The molecule has 1 amide bonds. The number of fused-ring (bicyclic) bond motifs is 1. The fourth-order valence-electron chi connectivity index (χ4n) is 3.46. The molecular formula is C25H19ClF3N3O2S2. The topological polar surface area (TPSA) is 64.0 Å². The number of rotatable bonds is 7. The number of nitrogens with zero attached hydrogens (tertiary/aromatic N) is 2. The van der Waals surface area contributed by atoms with Gasteiger partial charge in [0.1, 0.15) is 4.83 Å². The highest BCUT2D eigenvalue weighted by Crippen LogP contribution is 2.35. The lowest BCUT2D eigenvalue weighted by molar-refractivity contribution is -0.137. The molecule has 1 N–H and O–H groups in total. The lowest BCUT2D eigenvalue weighted by atomic mass is 10.1. The lowest BCUT2D eigenvalue weighted by Gasteiger charge is -2.16. The molecule has 0 saturated heterocycles. The first kappa shape index (κ1) is 26.0. The van der Waals surface area contributed by atoms with E-state index in [1.54, 1.807) is 13.0 Å². The van der Waals surface area contributed by atoms with E-state index in [1.807, 2.05) is 35.7 Å². The molecule has 0 aliphatic rings. The molecule has 1 atom stereocenters. The van der Waals surface area contributed by atoms with E-state index in [2.05, 4.69) is 16.9 Å². The van der Waals surface area contributed by atoms with Crippen molar-refractivity contribution in [3.63, 3.8) is 0 Å². The third-order valence-corrected chi connectivity index (χ3v) is 7.55. The maximum atomic E-state index is 13.5. The van der Waals surface area contributed by atoms with Gasteiger partial charge in [-0.05, 0) is 30.7 Å². The van der Waals surface area contributed by atoms with Gasteiger partial charge in [-0.3, -0.25) is 14.2 Å². The van der Waals surface area contributed by atoms with Crippen LogP contribution in [0.4, 0.5) is 18.9 Å². The van der Waals surface area contributed by atoms with E-state index in [0.29, 0.717) is 15.4 Å². The van der Waals surface area contributed by atoms with Crippen LogP contribution in [-0.2, 0) is 17.5 Å². The van der Waals surface area contributed by atoms with Crippen LogP contribution >= 0.6 is 34.7 Å². The summed E-state index contributed by atoms with van der Waals surface area (Å²) in [6, 6.07) is 12.2. The second kappa shape index (κ2) is 10.5. The van der Waals surface area contributed by atoms with Crippen molar-refractivity contribution in [2.75, 3.05) is 5.32 Å². The summed E-state index contributed by atoms with van der Waals surface area (Å²) < 4.78 is 40.6. The Kier molecular flexibility index (Phi) is 7.58. The SMILES string of the molecule is C=CCn1c(SC(C)C(=O)Nc2cc(C(F)(F)F)ccc2Cl)nc2scc(-c3ccccc3)c2c1=O. The van der Waals surface area contributed by atoms with Crippen LogP contribution in [0.1, 0.15) is 12.5 Å². The van der Waals surface area contributed by atoms with E-state index < -0.39 is 22.9 Å². The summed E-state index contributed by atoms with van der Waals surface area (Å²) in [5.41, 5.74) is 0.311. The molecule has 2 aromatic heterocycles. The number of carbonyl (C=O) groups excluding carboxylic acids is 1. The smallest absolute Gasteiger partial charge is 0.324 e. The van der Waals surface area contributed by atoms with Crippen LogP contribution in [-0.4, -0.2) is 20.7 Å². The van der Waals surface area contributed by atoms with Gasteiger partial charge in [0, 0.05) is 17.5 Å². The number of thiophene rings is 1. The predicted molar refractivity (Wildman–Crippen MR) is 140 cm³/mol. The van der Waals surface area contributed by atoms with Gasteiger partial charge in [-0.2, -0.15) is 13.2 Å². The summed E-state index contributed by atoms with van der Waals surface area (Å²) >= 11 is 8.34. The number of allylic oxidation sites excluding steroid dienone is 1. The molecule has 2 heterocycles. The molecule has 0 bridgehead atoms. The average Bonchev–Trinajstić information content (AvgIpc) is 3.27. The second-order valence-corrected chi connectivity index (χ2v) is 10.3. The number of aromatic nitrogens is 2.